The molecule has 0 radical (unpaired) electrons. The topological polar surface area (TPSA) is 46.2 Å². The number of nitrogens with two attached hydrogens (primary N) is 1. The summed E-state index contributed by atoms with van der Waals surface area (Å²) in [5.74, 6) is 0.648. The van der Waals surface area contributed by atoms with Crippen LogP contribution < -0.4 is 5.73 Å². The molecule has 0 heterocycles. The average molecular weight is 197 g/mol. The lowest BCUT2D eigenvalue weighted by molar-refractivity contribution is -0.0751. The van der Waals surface area contributed by atoms with E-state index in [9.17, 15) is 5.11 Å². The fourth-order valence-corrected chi connectivity index (χ4v) is 3.45. The maximum Gasteiger partial charge on any atom is 0.0828 e. The average Bonchev–Trinajstić information content (AvgIpc) is 2.53. The van der Waals surface area contributed by atoms with Gasteiger partial charge in [-0.1, -0.05) is 32.6 Å². The van der Waals surface area contributed by atoms with Crippen molar-refractivity contribution < 1.29 is 5.11 Å². The zero-order valence-corrected chi connectivity index (χ0v) is 9.26. The molecule has 0 amide bonds. The smallest absolute Gasteiger partial charge is 0.0828 e. The molecule has 2 heteroatoms. The van der Waals surface area contributed by atoms with Crippen molar-refractivity contribution in [2.45, 2.75) is 69.4 Å². The van der Waals surface area contributed by atoms with Crippen molar-refractivity contribution in [3.8, 4) is 0 Å². The van der Waals surface area contributed by atoms with Gasteiger partial charge in [-0.3, -0.25) is 0 Å². The Morgan fingerprint density at radius 3 is 2.36 bits per heavy atom. The molecule has 0 aliphatic heterocycles. The van der Waals surface area contributed by atoms with Crippen LogP contribution in [0.4, 0.5) is 0 Å². The van der Waals surface area contributed by atoms with Crippen molar-refractivity contribution in [2.75, 3.05) is 0 Å². The van der Waals surface area contributed by atoms with E-state index in [0.717, 1.165) is 32.1 Å². The zero-order valence-electron chi connectivity index (χ0n) is 9.26. The molecular weight excluding hydrogens is 174 g/mol. The second-order valence-electron chi connectivity index (χ2n) is 5.60. The quantitative estimate of drug-likeness (QED) is 0.677. The maximum absolute atomic E-state index is 10.7. The first-order chi connectivity index (χ1) is 6.56. The van der Waals surface area contributed by atoms with Crippen LogP contribution in [0.5, 0.6) is 0 Å². The van der Waals surface area contributed by atoms with Gasteiger partial charge in [-0.25, -0.2) is 0 Å². The Morgan fingerprint density at radius 2 is 1.79 bits per heavy atom. The molecule has 2 aliphatic rings. The van der Waals surface area contributed by atoms with E-state index < -0.39 is 5.60 Å². The van der Waals surface area contributed by atoms with Crippen molar-refractivity contribution in [1.82, 2.24) is 0 Å². The van der Waals surface area contributed by atoms with Crippen LogP contribution >= 0.6 is 0 Å². The predicted octanol–water partition coefficient (Wildman–Crippen LogP) is 2.20. The van der Waals surface area contributed by atoms with Crippen LogP contribution in [0, 0.1) is 5.92 Å². The third-order valence-electron chi connectivity index (χ3n) is 4.40. The van der Waals surface area contributed by atoms with Gasteiger partial charge in [-0.2, -0.15) is 0 Å². The molecule has 2 atom stereocenters. The summed E-state index contributed by atoms with van der Waals surface area (Å²) in [6, 6.07) is 0. The van der Waals surface area contributed by atoms with Crippen LogP contribution in [0.15, 0.2) is 0 Å². The van der Waals surface area contributed by atoms with Crippen LogP contribution in [0.25, 0.3) is 0 Å². The number of hydrogen-bond donors (Lipinski definition) is 2. The Hall–Kier alpha value is -0.0800. The molecule has 0 spiro atoms. The molecule has 82 valence electrons. The minimum absolute atomic E-state index is 0.262. The Bertz CT molecular complexity index is 210. The molecule has 0 aromatic heterocycles. The molecule has 2 saturated carbocycles. The van der Waals surface area contributed by atoms with Crippen LogP contribution in [0.1, 0.15) is 58.3 Å². The molecule has 14 heavy (non-hydrogen) atoms. The highest BCUT2D eigenvalue weighted by molar-refractivity contribution is 5.07. The number of rotatable bonds is 1. The maximum atomic E-state index is 10.7. The minimum Gasteiger partial charge on any atom is -0.388 e. The van der Waals surface area contributed by atoms with Crippen LogP contribution in [-0.4, -0.2) is 16.2 Å². The third kappa shape index (κ3) is 1.59. The van der Waals surface area contributed by atoms with E-state index in [1.807, 2.05) is 0 Å². The van der Waals surface area contributed by atoms with E-state index in [4.69, 9.17) is 5.73 Å². The molecule has 2 rings (SSSR count). The van der Waals surface area contributed by atoms with E-state index in [2.05, 4.69) is 6.92 Å². The zero-order chi connectivity index (χ0) is 10.2. The molecule has 2 fully saturated rings. The summed E-state index contributed by atoms with van der Waals surface area (Å²) in [4.78, 5) is 0. The SMILES string of the molecule is CC1CCCC(O)(C2(N)CCCC2)C1. The lowest BCUT2D eigenvalue weighted by Gasteiger charge is -2.47. The molecule has 0 aromatic rings. The van der Waals surface area contributed by atoms with Gasteiger partial charge < -0.3 is 10.8 Å². The predicted molar refractivity (Wildman–Crippen MR) is 58.0 cm³/mol. The van der Waals surface area contributed by atoms with Gasteiger partial charge in [0.1, 0.15) is 0 Å². The standard InChI is InChI=1S/C12H23NO/c1-10-5-4-8-12(14,9-10)11(13)6-2-3-7-11/h10,14H,2-9,13H2,1H3. The summed E-state index contributed by atoms with van der Waals surface area (Å²) in [6.45, 7) is 2.24. The van der Waals surface area contributed by atoms with Gasteiger partial charge in [0.25, 0.3) is 0 Å². The van der Waals surface area contributed by atoms with Crippen molar-refractivity contribution in [3.05, 3.63) is 0 Å². The second-order valence-corrected chi connectivity index (χ2v) is 5.60. The highest BCUT2D eigenvalue weighted by Crippen LogP contribution is 2.45. The summed E-state index contributed by atoms with van der Waals surface area (Å²) in [5, 5.41) is 10.7. The lowest BCUT2D eigenvalue weighted by atomic mass is 9.67. The van der Waals surface area contributed by atoms with Crippen molar-refractivity contribution >= 4 is 0 Å². The molecule has 0 saturated heterocycles. The van der Waals surface area contributed by atoms with Gasteiger partial charge in [0.2, 0.25) is 0 Å². The Balaban J connectivity index is 2.13. The third-order valence-corrected chi connectivity index (χ3v) is 4.40. The Morgan fingerprint density at radius 1 is 1.14 bits per heavy atom. The summed E-state index contributed by atoms with van der Waals surface area (Å²) in [7, 11) is 0. The van der Waals surface area contributed by atoms with Gasteiger partial charge in [-0.15, -0.1) is 0 Å². The van der Waals surface area contributed by atoms with Crippen LogP contribution in [0.3, 0.4) is 0 Å². The molecule has 2 aliphatic carbocycles. The summed E-state index contributed by atoms with van der Waals surface area (Å²) in [5.41, 5.74) is 5.56. The van der Waals surface area contributed by atoms with E-state index >= 15 is 0 Å². The molecule has 2 unspecified atom stereocenters. The van der Waals surface area contributed by atoms with Crippen LogP contribution in [-0.2, 0) is 0 Å². The molecule has 0 bridgehead atoms. The number of aliphatic hydroxyl groups is 1. The summed E-state index contributed by atoms with van der Waals surface area (Å²) in [6.07, 6.45) is 8.71. The Labute approximate surface area is 86.9 Å². The second kappa shape index (κ2) is 3.49. The van der Waals surface area contributed by atoms with E-state index in [-0.39, 0.29) is 5.54 Å². The first-order valence-electron chi connectivity index (χ1n) is 6.07. The van der Waals surface area contributed by atoms with Crippen LogP contribution in [0.2, 0.25) is 0 Å². The summed E-state index contributed by atoms with van der Waals surface area (Å²) < 4.78 is 0. The van der Waals surface area contributed by atoms with Gasteiger partial charge in [0, 0.05) is 5.54 Å². The van der Waals surface area contributed by atoms with Crippen molar-refractivity contribution in [2.24, 2.45) is 11.7 Å². The first kappa shape index (κ1) is 10.4. The monoisotopic (exact) mass is 197 g/mol. The van der Waals surface area contributed by atoms with Gasteiger partial charge >= 0.3 is 0 Å². The molecule has 0 aromatic carbocycles. The normalized spacial score (nSPS) is 42.6. The van der Waals surface area contributed by atoms with Gasteiger partial charge in [0.15, 0.2) is 0 Å². The highest BCUT2D eigenvalue weighted by atomic mass is 16.3. The van der Waals surface area contributed by atoms with E-state index in [1.165, 1.54) is 19.3 Å². The fourth-order valence-electron chi connectivity index (χ4n) is 3.45. The largest absolute Gasteiger partial charge is 0.388 e. The molecular formula is C12H23NO. The summed E-state index contributed by atoms with van der Waals surface area (Å²) >= 11 is 0. The number of hydrogen-bond acceptors (Lipinski definition) is 2. The minimum atomic E-state index is -0.554. The molecule has 3 N–H and O–H groups in total. The van der Waals surface area contributed by atoms with Crippen molar-refractivity contribution in [3.63, 3.8) is 0 Å². The van der Waals surface area contributed by atoms with Crippen molar-refractivity contribution in [1.29, 1.82) is 0 Å². The van der Waals surface area contributed by atoms with Gasteiger partial charge in [0.05, 0.1) is 5.60 Å². The fraction of sp³-hybridized carbons (Fsp3) is 1.00. The Kier molecular flexibility index (Phi) is 2.61. The van der Waals surface area contributed by atoms with E-state index in [0.29, 0.717) is 5.92 Å². The first-order valence-corrected chi connectivity index (χ1v) is 6.07. The highest BCUT2D eigenvalue weighted by Gasteiger charge is 2.50. The molecule has 2 nitrogen and oxygen atoms in total. The van der Waals surface area contributed by atoms with E-state index in [1.54, 1.807) is 0 Å². The lowest BCUT2D eigenvalue weighted by Crippen LogP contribution is -2.60. The van der Waals surface area contributed by atoms with Gasteiger partial charge in [-0.05, 0) is 31.6 Å².